The lowest BCUT2D eigenvalue weighted by molar-refractivity contribution is -0.138. The van der Waals surface area contributed by atoms with E-state index in [1.807, 2.05) is 30.3 Å². The molecule has 3 nitrogen and oxygen atoms in total. The van der Waals surface area contributed by atoms with Crippen LogP contribution >= 0.6 is 0 Å². The average Bonchev–Trinajstić information content (AvgIpc) is 2.06. The first-order chi connectivity index (χ1) is 5.70. The molecule has 0 aliphatic heterocycles. The molecule has 0 radical (unpaired) electrons. The maximum atomic E-state index is 10.4. The summed E-state index contributed by atoms with van der Waals surface area (Å²) in [4.78, 5) is 10.4. The summed E-state index contributed by atoms with van der Waals surface area (Å²) in [5.41, 5.74) is 6.30. The van der Waals surface area contributed by atoms with Crippen molar-refractivity contribution in [3.05, 3.63) is 35.9 Å². The van der Waals surface area contributed by atoms with Gasteiger partial charge >= 0.3 is 5.97 Å². The van der Waals surface area contributed by atoms with Gasteiger partial charge in [0.15, 0.2) is 0 Å². The molecule has 1 aromatic carbocycles. The predicted molar refractivity (Wildman–Crippen MR) is 52.5 cm³/mol. The van der Waals surface area contributed by atoms with Gasteiger partial charge in [0, 0.05) is 0 Å². The number of hydrogen-bond donors (Lipinski definition) is 2. The normalized spacial score (nSPS) is 11.5. The number of hydrogen-bond acceptors (Lipinski definition) is 2. The van der Waals surface area contributed by atoms with Gasteiger partial charge in [-0.15, -0.1) is 0 Å². The number of carbonyl (C=O) groups is 1. The maximum Gasteiger partial charge on any atom is 0.320 e. The van der Waals surface area contributed by atoms with Crippen LogP contribution in [0.3, 0.4) is 0 Å². The van der Waals surface area contributed by atoms with Crippen LogP contribution in [0.15, 0.2) is 30.3 Å². The topological polar surface area (TPSA) is 63.3 Å². The minimum absolute atomic E-state index is 0. The third-order valence-electron chi connectivity index (χ3n) is 1.62. The summed E-state index contributed by atoms with van der Waals surface area (Å²) in [7, 11) is 0. The highest BCUT2D eigenvalue weighted by molar-refractivity contribution is 5.73. The first-order valence-corrected chi connectivity index (χ1v) is 3.72. The molecule has 0 saturated heterocycles. The van der Waals surface area contributed by atoms with Gasteiger partial charge in [0.25, 0.3) is 0 Å². The van der Waals surface area contributed by atoms with E-state index in [1.165, 1.54) is 0 Å². The summed E-state index contributed by atoms with van der Waals surface area (Å²) in [6, 6.07) is 8.54. The number of carboxylic acid groups (broad SMARTS) is 1. The smallest absolute Gasteiger partial charge is 0.320 e. The number of nitrogens with two attached hydrogens (primary N) is 1. The van der Waals surface area contributed by atoms with Crippen molar-refractivity contribution in [2.75, 3.05) is 0 Å². The lowest BCUT2D eigenvalue weighted by atomic mass is 10.1. The summed E-state index contributed by atoms with van der Waals surface area (Å²) < 4.78 is 0. The Bertz CT molecular complexity index is 259. The van der Waals surface area contributed by atoms with Gasteiger partial charge in [-0.25, -0.2) is 0 Å². The zero-order valence-electron chi connectivity index (χ0n) is 6.60. The molecule has 0 heterocycles. The van der Waals surface area contributed by atoms with Gasteiger partial charge in [0.05, 0.1) is 0 Å². The van der Waals surface area contributed by atoms with Gasteiger partial charge in [0.1, 0.15) is 6.04 Å². The fraction of sp³-hybridized carbons (Fsp3) is 0.300. The molecule has 1 atom stereocenters. The Kier molecular flexibility index (Phi) is 4.77. The molecule has 0 unspecified atom stereocenters. The number of aliphatic carboxylic acids is 1. The molecule has 0 aromatic heterocycles. The van der Waals surface area contributed by atoms with Gasteiger partial charge in [-0.1, -0.05) is 37.8 Å². The first kappa shape index (κ1) is 11.6. The minimum atomic E-state index is -0.959. The molecular weight excluding hydrogens is 166 g/mol. The SMILES string of the molecule is C.N[C@H](Cc1ccccc1)C(=O)O. The highest BCUT2D eigenvalue weighted by Gasteiger charge is 2.10. The lowest BCUT2D eigenvalue weighted by Gasteiger charge is -2.04. The first-order valence-electron chi connectivity index (χ1n) is 3.72. The maximum absolute atomic E-state index is 10.4. The number of carboxylic acids is 1. The molecule has 1 rings (SSSR count). The van der Waals surface area contributed by atoms with Gasteiger partial charge in [-0.05, 0) is 12.0 Å². The van der Waals surface area contributed by atoms with Crippen molar-refractivity contribution in [1.82, 2.24) is 0 Å². The summed E-state index contributed by atoms with van der Waals surface area (Å²) in [5.74, 6) is -0.959. The molecule has 0 fully saturated rings. The van der Waals surface area contributed by atoms with Crippen molar-refractivity contribution in [2.45, 2.75) is 19.9 Å². The fourth-order valence-electron chi connectivity index (χ4n) is 0.955. The summed E-state index contributed by atoms with van der Waals surface area (Å²) >= 11 is 0. The van der Waals surface area contributed by atoms with Crippen molar-refractivity contribution in [1.29, 1.82) is 0 Å². The van der Waals surface area contributed by atoms with E-state index in [-0.39, 0.29) is 7.43 Å². The average molecular weight is 181 g/mol. The number of benzene rings is 1. The third-order valence-corrected chi connectivity index (χ3v) is 1.62. The Labute approximate surface area is 78.2 Å². The molecular formula is C10H15NO2. The molecule has 72 valence electrons. The Balaban J connectivity index is 0.00000144. The quantitative estimate of drug-likeness (QED) is 0.738. The van der Waals surface area contributed by atoms with Crippen molar-refractivity contribution < 1.29 is 9.90 Å². The molecule has 0 spiro atoms. The highest BCUT2D eigenvalue weighted by atomic mass is 16.4. The highest BCUT2D eigenvalue weighted by Crippen LogP contribution is 2.01. The molecule has 1 aromatic rings. The monoisotopic (exact) mass is 181 g/mol. The molecule has 3 heteroatoms. The van der Waals surface area contributed by atoms with Gasteiger partial charge in [-0.3, -0.25) is 4.79 Å². The second kappa shape index (κ2) is 5.32. The second-order valence-electron chi connectivity index (χ2n) is 2.63. The van der Waals surface area contributed by atoms with Gasteiger partial charge in [-0.2, -0.15) is 0 Å². The van der Waals surface area contributed by atoms with E-state index < -0.39 is 12.0 Å². The Morgan fingerprint density at radius 3 is 2.38 bits per heavy atom. The molecule has 0 amide bonds. The largest absolute Gasteiger partial charge is 0.480 e. The van der Waals surface area contributed by atoms with Crippen LogP contribution in [-0.4, -0.2) is 17.1 Å². The van der Waals surface area contributed by atoms with E-state index >= 15 is 0 Å². The van der Waals surface area contributed by atoms with E-state index in [4.69, 9.17) is 10.8 Å². The van der Waals surface area contributed by atoms with Crippen LogP contribution in [0, 0.1) is 0 Å². The molecule has 0 saturated carbocycles. The lowest BCUT2D eigenvalue weighted by Crippen LogP contribution is -2.32. The molecule has 13 heavy (non-hydrogen) atoms. The Morgan fingerprint density at radius 2 is 1.92 bits per heavy atom. The van der Waals surface area contributed by atoms with Crippen LogP contribution in [0.4, 0.5) is 0 Å². The molecule has 3 N–H and O–H groups in total. The molecule has 0 bridgehead atoms. The van der Waals surface area contributed by atoms with Gasteiger partial charge < -0.3 is 10.8 Å². The Morgan fingerprint density at radius 1 is 1.38 bits per heavy atom. The Hall–Kier alpha value is -1.35. The van der Waals surface area contributed by atoms with E-state index in [2.05, 4.69) is 0 Å². The third kappa shape index (κ3) is 3.71. The van der Waals surface area contributed by atoms with Crippen molar-refractivity contribution >= 4 is 5.97 Å². The second-order valence-corrected chi connectivity index (χ2v) is 2.63. The van der Waals surface area contributed by atoms with Crippen LogP contribution in [0.25, 0.3) is 0 Å². The minimum Gasteiger partial charge on any atom is -0.480 e. The zero-order chi connectivity index (χ0) is 8.97. The van der Waals surface area contributed by atoms with Crippen LogP contribution in [0.2, 0.25) is 0 Å². The summed E-state index contributed by atoms with van der Waals surface area (Å²) in [5, 5.41) is 8.52. The van der Waals surface area contributed by atoms with E-state index in [1.54, 1.807) is 0 Å². The summed E-state index contributed by atoms with van der Waals surface area (Å²) in [6.07, 6.45) is 0.385. The fourth-order valence-corrected chi connectivity index (χ4v) is 0.955. The molecule has 0 aliphatic carbocycles. The van der Waals surface area contributed by atoms with E-state index in [0.717, 1.165) is 5.56 Å². The van der Waals surface area contributed by atoms with Crippen molar-refractivity contribution in [3.63, 3.8) is 0 Å². The van der Waals surface area contributed by atoms with Crippen LogP contribution in [0.1, 0.15) is 13.0 Å². The summed E-state index contributed by atoms with van der Waals surface area (Å²) in [6.45, 7) is 0. The van der Waals surface area contributed by atoms with Crippen molar-refractivity contribution in [2.24, 2.45) is 5.73 Å². The van der Waals surface area contributed by atoms with E-state index in [9.17, 15) is 4.79 Å². The van der Waals surface area contributed by atoms with Crippen LogP contribution < -0.4 is 5.73 Å². The van der Waals surface area contributed by atoms with E-state index in [0.29, 0.717) is 6.42 Å². The van der Waals surface area contributed by atoms with Crippen LogP contribution in [0.5, 0.6) is 0 Å². The predicted octanol–water partition coefficient (Wildman–Crippen LogP) is 1.28. The number of rotatable bonds is 3. The standard InChI is InChI=1S/C9H11NO2.CH4/c10-8(9(11)12)6-7-4-2-1-3-5-7;/h1-5,8H,6,10H2,(H,11,12);1H4/t8-;/m1./s1. The van der Waals surface area contributed by atoms with Gasteiger partial charge in [0.2, 0.25) is 0 Å². The van der Waals surface area contributed by atoms with Crippen LogP contribution in [-0.2, 0) is 11.2 Å². The van der Waals surface area contributed by atoms with Crippen molar-refractivity contribution in [3.8, 4) is 0 Å². The molecule has 0 aliphatic rings. The zero-order valence-corrected chi connectivity index (χ0v) is 6.60.